The minimum Gasteiger partial charge on any atom is -0.480 e. The van der Waals surface area contributed by atoms with Gasteiger partial charge in [-0.1, -0.05) is 5.16 Å². The summed E-state index contributed by atoms with van der Waals surface area (Å²) in [5.41, 5.74) is 0. The van der Waals surface area contributed by atoms with Crippen molar-refractivity contribution in [1.29, 1.82) is 0 Å². The Bertz CT molecular complexity index is 488. The number of urea groups is 1. The molecule has 1 aromatic heterocycles. The second kappa shape index (κ2) is 5.22. The van der Waals surface area contributed by atoms with E-state index in [0.717, 1.165) is 4.90 Å². The van der Waals surface area contributed by atoms with Crippen LogP contribution in [-0.2, 0) is 11.3 Å². The molecule has 1 fully saturated rings. The number of amides is 2. The van der Waals surface area contributed by atoms with Gasteiger partial charge >= 0.3 is 12.0 Å². The number of rotatable bonds is 3. The van der Waals surface area contributed by atoms with Crippen molar-refractivity contribution in [1.82, 2.24) is 20.4 Å². The molecule has 3 N–H and O–H groups in total. The summed E-state index contributed by atoms with van der Waals surface area (Å²) in [6.45, 7) is 1.65. The average Bonchev–Trinajstić information content (AvgIpc) is 2.92. The van der Waals surface area contributed by atoms with Crippen LogP contribution in [0.4, 0.5) is 4.79 Å². The molecule has 0 unspecified atom stereocenters. The van der Waals surface area contributed by atoms with E-state index in [1.165, 1.54) is 0 Å². The van der Waals surface area contributed by atoms with Crippen molar-refractivity contribution in [2.24, 2.45) is 0 Å². The minimum absolute atomic E-state index is 0.00588. The molecule has 9 heteroatoms. The first-order valence-corrected chi connectivity index (χ1v) is 5.72. The Hall–Kier alpha value is -2.16. The molecule has 1 saturated heterocycles. The smallest absolute Gasteiger partial charge is 0.326 e. The first kappa shape index (κ1) is 13.3. The number of carboxylic acids is 1. The maximum Gasteiger partial charge on any atom is 0.326 e. The van der Waals surface area contributed by atoms with E-state index in [1.807, 2.05) is 0 Å². The Morgan fingerprint density at radius 3 is 2.89 bits per heavy atom. The molecule has 2 rings (SSSR count). The molecule has 1 aliphatic heterocycles. The normalized spacial score (nSPS) is 22.5. The van der Waals surface area contributed by atoms with Crippen LogP contribution in [0.5, 0.6) is 0 Å². The molecular formula is C10H14N4O5. The van der Waals surface area contributed by atoms with E-state index in [0.29, 0.717) is 11.7 Å². The Balaban J connectivity index is 1.93. The minimum atomic E-state index is -1.14. The van der Waals surface area contributed by atoms with Crippen molar-refractivity contribution in [3.63, 3.8) is 0 Å². The average molecular weight is 270 g/mol. The summed E-state index contributed by atoms with van der Waals surface area (Å²) in [4.78, 5) is 27.8. The number of hydrogen-bond acceptors (Lipinski definition) is 6. The van der Waals surface area contributed by atoms with Gasteiger partial charge in [-0.2, -0.15) is 4.98 Å². The van der Waals surface area contributed by atoms with Gasteiger partial charge < -0.3 is 25.0 Å². The van der Waals surface area contributed by atoms with Crippen LogP contribution < -0.4 is 5.32 Å². The van der Waals surface area contributed by atoms with E-state index >= 15 is 0 Å². The van der Waals surface area contributed by atoms with Crippen LogP contribution in [0.3, 0.4) is 0 Å². The predicted octanol–water partition coefficient (Wildman–Crippen LogP) is -0.893. The van der Waals surface area contributed by atoms with Crippen molar-refractivity contribution in [2.45, 2.75) is 32.0 Å². The number of aromatic nitrogens is 2. The predicted molar refractivity (Wildman–Crippen MR) is 60.0 cm³/mol. The molecular weight excluding hydrogens is 256 g/mol. The van der Waals surface area contributed by atoms with Crippen molar-refractivity contribution in [3.8, 4) is 0 Å². The van der Waals surface area contributed by atoms with Gasteiger partial charge in [0.25, 0.3) is 0 Å². The summed E-state index contributed by atoms with van der Waals surface area (Å²) in [7, 11) is 0. The summed E-state index contributed by atoms with van der Waals surface area (Å²) in [6, 6.07) is -1.59. The number of likely N-dealkylation sites (tertiary alicyclic amines) is 1. The van der Waals surface area contributed by atoms with Gasteiger partial charge in [0.15, 0.2) is 5.82 Å². The lowest BCUT2D eigenvalue weighted by Gasteiger charge is -2.20. The molecule has 2 atom stereocenters. The van der Waals surface area contributed by atoms with Gasteiger partial charge in [0.05, 0.1) is 12.6 Å². The maximum absolute atomic E-state index is 11.8. The molecule has 0 radical (unpaired) electrons. The van der Waals surface area contributed by atoms with Gasteiger partial charge in [0, 0.05) is 19.9 Å². The van der Waals surface area contributed by atoms with Crippen molar-refractivity contribution >= 4 is 12.0 Å². The molecule has 2 amide bonds. The van der Waals surface area contributed by atoms with E-state index in [4.69, 9.17) is 9.63 Å². The van der Waals surface area contributed by atoms with Crippen molar-refractivity contribution in [3.05, 3.63) is 11.7 Å². The van der Waals surface area contributed by atoms with Gasteiger partial charge in [-0.05, 0) is 0 Å². The van der Waals surface area contributed by atoms with Crippen LogP contribution >= 0.6 is 0 Å². The number of nitrogens with one attached hydrogen (secondary N) is 1. The van der Waals surface area contributed by atoms with E-state index in [-0.39, 0.29) is 19.5 Å². The molecule has 1 aromatic rings. The summed E-state index contributed by atoms with van der Waals surface area (Å²) in [5.74, 6) is -0.455. The number of aryl methyl sites for hydroxylation is 1. The molecule has 2 heterocycles. The maximum atomic E-state index is 11.8. The molecule has 0 spiro atoms. The van der Waals surface area contributed by atoms with E-state index < -0.39 is 24.1 Å². The number of aliphatic hydroxyl groups is 1. The second-order valence-electron chi connectivity index (χ2n) is 4.28. The SMILES string of the molecule is Cc1nc(CNC(=O)N2C[C@H](O)C[C@@H]2C(=O)O)no1. The third-order valence-electron chi connectivity index (χ3n) is 2.79. The van der Waals surface area contributed by atoms with Crippen molar-refractivity contribution < 1.29 is 24.3 Å². The monoisotopic (exact) mass is 270 g/mol. The van der Waals surface area contributed by atoms with E-state index in [2.05, 4.69) is 15.5 Å². The molecule has 19 heavy (non-hydrogen) atoms. The second-order valence-corrected chi connectivity index (χ2v) is 4.28. The first-order chi connectivity index (χ1) is 8.97. The quantitative estimate of drug-likeness (QED) is 0.649. The fourth-order valence-corrected chi connectivity index (χ4v) is 1.94. The topological polar surface area (TPSA) is 129 Å². The Morgan fingerprint density at radius 1 is 1.58 bits per heavy atom. The highest BCUT2D eigenvalue weighted by Crippen LogP contribution is 2.18. The molecule has 0 bridgehead atoms. The lowest BCUT2D eigenvalue weighted by atomic mass is 10.2. The number of carboxylic acid groups (broad SMARTS) is 1. The number of nitrogens with zero attached hydrogens (tertiary/aromatic N) is 3. The number of hydrogen-bond donors (Lipinski definition) is 3. The summed E-state index contributed by atoms with van der Waals surface area (Å²) in [6.07, 6.45) is -0.788. The zero-order valence-electron chi connectivity index (χ0n) is 10.2. The zero-order chi connectivity index (χ0) is 14.0. The molecule has 0 saturated carbocycles. The molecule has 9 nitrogen and oxygen atoms in total. The van der Waals surface area contributed by atoms with Gasteiger partial charge in [-0.25, -0.2) is 9.59 Å². The van der Waals surface area contributed by atoms with E-state index in [9.17, 15) is 14.7 Å². The van der Waals surface area contributed by atoms with Crippen LogP contribution in [0.2, 0.25) is 0 Å². The fraction of sp³-hybridized carbons (Fsp3) is 0.600. The lowest BCUT2D eigenvalue weighted by Crippen LogP contribution is -2.46. The van der Waals surface area contributed by atoms with Gasteiger partial charge in [-0.15, -0.1) is 0 Å². The van der Waals surface area contributed by atoms with Crippen LogP contribution in [-0.4, -0.2) is 55.9 Å². The first-order valence-electron chi connectivity index (χ1n) is 5.72. The number of aliphatic carboxylic acids is 1. The third kappa shape index (κ3) is 2.99. The summed E-state index contributed by atoms with van der Waals surface area (Å²) >= 11 is 0. The third-order valence-corrected chi connectivity index (χ3v) is 2.79. The molecule has 0 aromatic carbocycles. The highest BCUT2D eigenvalue weighted by atomic mass is 16.5. The number of carbonyl (C=O) groups excluding carboxylic acids is 1. The standard InChI is InChI=1S/C10H14N4O5/c1-5-12-8(13-19-5)3-11-10(18)14-4-6(15)2-7(14)9(16)17/h6-7,15H,2-4H2,1H3,(H,11,18)(H,16,17)/t6-,7-/m1/s1. The highest BCUT2D eigenvalue weighted by molar-refractivity contribution is 5.83. The zero-order valence-corrected chi connectivity index (χ0v) is 10.2. The van der Waals surface area contributed by atoms with E-state index in [1.54, 1.807) is 6.92 Å². The van der Waals surface area contributed by atoms with Gasteiger partial charge in [0.2, 0.25) is 5.89 Å². The largest absolute Gasteiger partial charge is 0.480 e. The van der Waals surface area contributed by atoms with Crippen LogP contribution in [0.1, 0.15) is 18.1 Å². The van der Waals surface area contributed by atoms with Crippen LogP contribution in [0.15, 0.2) is 4.52 Å². The Morgan fingerprint density at radius 2 is 2.32 bits per heavy atom. The molecule has 1 aliphatic rings. The number of aliphatic hydroxyl groups excluding tert-OH is 1. The highest BCUT2D eigenvalue weighted by Gasteiger charge is 2.38. The Labute approximate surface area is 108 Å². The van der Waals surface area contributed by atoms with Crippen molar-refractivity contribution in [2.75, 3.05) is 6.54 Å². The lowest BCUT2D eigenvalue weighted by molar-refractivity contribution is -0.141. The van der Waals surface area contributed by atoms with Crippen LogP contribution in [0.25, 0.3) is 0 Å². The van der Waals surface area contributed by atoms with Gasteiger partial charge in [0.1, 0.15) is 6.04 Å². The summed E-state index contributed by atoms with van der Waals surface area (Å²) in [5, 5.41) is 24.5. The number of carbonyl (C=O) groups is 2. The number of β-amino-alcohol motifs (C(OH)–C–C–N with tert-alkyl or cyclic N) is 1. The van der Waals surface area contributed by atoms with Gasteiger partial charge in [-0.3, -0.25) is 0 Å². The van der Waals surface area contributed by atoms with Crippen LogP contribution in [0, 0.1) is 6.92 Å². The fourth-order valence-electron chi connectivity index (χ4n) is 1.94. The molecule has 0 aliphatic carbocycles. The Kier molecular flexibility index (Phi) is 3.65. The molecule has 104 valence electrons. The summed E-state index contributed by atoms with van der Waals surface area (Å²) < 4.78 is 4.74.